The summed E-state index contributed by atoms with van der Waals surface area (Å²) in [6.07, 6.45) is 2.72. The van der Waals surface area contributed by atoms with Crippen LogP contribution in [0.15, 0.2) is 47.2 Å². The summed E-state index contributed by atoms with van der Waals surface area (Å²) >= 11 is 5.81. The van der Waals surface area contributed by atoms with E-state index in [1.807, 2.05) is 0 Å². The van der Waals surface area contributed by atoms with Gasteiger partial charge in [0.15, 0.2) is 0 Å². The van der Waals surface area contributed by atoms with Crippen LogP contribution in [0.1, 0.15) is 15.9 Å². The first-order valence-electron chi connectivity index (χ1n) is 7.95. The van der Waals surface area contributed by atoms with Crippen LogP contribution in [0.4, 0.5) is 8.78 Å². The number of hydrazone groups is 1. The number of carbonyl (C=O) groups is 2. The molecular formula is C19H16ClF2N3O3. The summed E-state index contributed by atoms with van der Waals surface area (Å²) in [7, 11) is 1.53. The monoisotopic (exact) mass is 407 g/mol. The molecule has 0 fully saturated rings. The standard InChI is InChI=1S/C19H16ClF2N3O3/c1-11-7-12(21)3-4-17(11)28-18-9-15(20)16(22)8-14(18)19(27)25-13(5-6-26)10-24-23-2/h3-10,23H,1-2H3,(H,25,27)/b13-5+,24-10-. The number of hydrogen-bond acceptors (Lipinski definition) is 5. The molecule has 0 saturated heterocycles. The number of nitrogens with zero attached hydrogens (tertiary/aromatic N) is 1. The van der Waals surface area contributed by atoms with Gasteiger partial charge >= 0.3 is 0 Å². The summed E-state index contributed by atoms with van der Waals surface area (Å²) in [6.45, 7) is 1.61. The van der Waals surface area contributed by atoms with Crippen molar-refractivity contribution >= 4 is 30.0 Å². The number of hydrogen-bond donors (Lipinski definition) is 2. The van der Waals surface area contributed by atoms with E-state index in [2.05, 4.69) is 15.8 Å². The maximum Gasteiger partial charge on any atom is 0.259 e. The fourth-order valence-corrected chi connectivity index (χ4v) is 2.31. The quantitative estimate of drug-likeness (QED) is 0.317. The van der Waals surface area contributed by atoms with Crippen molar-refractivity contribution in [1.82, 2.24) is 10.7 Å². The van der Waals surface area contributed by atoms with Crippen LogP contribution >= 0.6 is 11.6 Å². The molecule has 2 rings (SSSR count). The number of nitrogens with one attached hydrogen (secondary N) is 2. The van der Waals surface area contributed by atoms with Gasteiger partial charge in [-0.1, -0.05) is 11.6 Å². The number of rotatable bonds is 7. The maximum absolute atomic E-state index is 14.0. The molecule has 146 valence electrons. The van der Waals surface area contributed by atoms with Crippen molar-refractivity contribution in [2.45, 2.75) is 6.92 Å². The minimum atomic E-state index is -0.834. The van der Waals surface area contributed by atoms with E-state index < -0.39 is 17.5 Å². The third-order valence-electron chi connectivity index (χ3n) is 3.46. The molecule has 6 nitrogen and oxygen atoms in total. The highest BCUT2D eigenvalue weighted by Crippen LogP contribution is 2.32. The lowest BCUT2D eigenvalue weighted by atomic mass is 10.1. The zero-order valence-corrected chi connectivity index (χ0v) is 15.7. The second-order valence-electron chi connectivity index (χ2n) is 5.47. The van der Waals surface area contributed by atoms with Crippen molar-refractivity contribution in [3.63, 3.8) is 0 Å². The van der Waals surface area contributed by atoms with Crippen molar-refractivity contribution < 1.29 is 23.1 Å². The Kier molecular flexibility index (Phi) is 7.22. The Hall–Kier alpha value is -3.26. The zero-order chi connectivity index (χ0) is 20.7. The summed E-state index contributed by atoms with van der Waals surface area (Å²) in [6, 6.07) is 5.85. The molecule has 0 heterocycles. The summed E-state index contributed by atoms with van der Waals surface area (Å²) in [5.74, 6) is -1.83. The highest BCUT2D eigenvalue weighted by atomic mass is 35.5. The van der Waals surface area contributed by atoms with E-state index >= 15 is 0 Å². The van der Waals surface area contributed by atoms with E-state index in [-0.39, 0.29) is 27.8 Å². The van der Waals surface area contributed by atoms with Crippen LogP contribution in [-0.2, 0) is 4.79 Å². The molecule has 2 aromatic rings. The van der Waals surface area contributed by atoms with Gasteiger partial charge in [-0.3, -0.25) is 9.59 Å². The fourth-order valence-electron chi connectivity index (χ4n) is 2.16. The number of aryl methyl sites for hydroxylation is 1. The van der Waals surface area contributed by atoms with Crippen molar-refractivity contribution in [2.75, 3.05) is 7.05 Å². The molecule has 0 aliphatic heterocycles. The molecule has 0 aliphatic rings. The van der Waals surface area contributed by atoms with Crippen LogP contribution in [0.2, 0.25) is 5.02 Å². The molecule has 0 atom stereocenters. The molecule has 0 unspecified atom stereocenters. The lowest BCUT2D eigenvalue weighted by Gasteiger charge is -2.14. The molecule has 0 spiro atoms. The summed E-state index contributed by atoms with van der Waals surface area (Å²) in [5.41, 5.74) is 2.82. The van der Waals surface area contributed by atoms with Gasteiger partial charge in [0.25, 0.3) is 5.91 Å². The van der Waals surface area contributed by atoms with Crippen molar-refractivity contribution in [3.05, 3.63) is 69.9 Å². The lowest BCUT2D eigenvalue weighted by Crippen LogP contribution is -2.25. The summed E-state index contributed by atoms with van der Waals surface area (Å²) in [4.78, 5) is 23.3. The minimum Gasteiger partial charge on any atom is -0.456 e. The number of benzene rings is 2. The van der Waals surface area contributed by atoms with Crippen LogP contribution in [0.3, 0.4) is 0 Å². The van der Waals surface area contributed by atoms with Crippen LogP contribution in [0.25, 0.3) is 0 Å². The first kappa shape index (κ1) is 21.0. The molecule has 28 heavy (non-hydrogen) atoms. The van der Waals surface area contributed by atoms with E-state index in [9.17, 15) is 18.4 Å². The maximum atomic E-state index is 14.0. The molecule has 0 aliphatic carbocycles. The van der Waals surface area contributed by atoms with Gasteiger partial charge in [0.2, 0.25) is 0 Å². The zero-order valence-electron chi connectivity index (χ0n) is 14.9. The summed E-state index contributed by atoms with van der Waals surface area (Å²) in [5, 5.41) is 5.86. The predicted octanol–water partition coefficient (Wildman–Crippen LogP) is 3.74. The first-order chi connectivity index (χ1) is 13.3. The van der Waals surface area contributed by atoms with E-state index in [1.54, 1.807) is 6.92 Å². The average molecular weight is 408 g/mol. The molecule has 2 N–H and O–H groups in total. The highest BCUT2D eigenvalue weighted by Gasteiger charge is 2.18. The number of halogens is 3. The number of ether oxygens (including phenoxy) is 1. The molecule has 0 saturated carbocycles. The van der Waals surface area contributed by atoms with E-state index in [0.29, 0.717) is 11.8 Å². The Labute approximate surface area is 164 Å². The fraction of sp³-hybridized carbons (Fsp3) is 0.105. The van der Waals surface area contributed by atoms with Crippen molar-refractivity contribution in [2.24, 2.45) is 5.10 Å². The SMILES string of the molecule is CN/N=C\C(=C/C=O)NC(=O)c1cc(F)c(Cl)cc1Oc1ccc(F)cc1C. The average Bonchev–Trinajstić information content (AvgIpc) is 2.64. The van der Waals surface area contributed by atoms with E-state index in [0.717, 1.165) is 18.2 Å². The Morgan fingerprint density at radius 1 is 1.21 bits per heavy atom. The van der Waals surface area contributed by atoms with E-state index in [1.165, 1.54) is 31.5 Å². The van der Waals surface area contributed by atoms with E-state index in [4.69, 9.17) is 16.3 Å². The molecule has 9 heteroatoms. The molecule has 2 aromatic carbocycles. The van der Waals surface area contributed by atoms with Gasteiger partial charge in [-0.05, 0) is 36.8 Å². The summed E-state index contributed by atoms with van der Waals surface area (Å²) < 4.78 is 32.9. The Morgan fingerprint density at radius 3 is 2.61 bits per heavy atom. The molecular weight excluding hydrogens is 392 g/mol. The first-order valence-corrected chi connectivity index (χ1v) is 8.33. The Morgan fingerprint density at radius 2 is 1.96 bits per heavy atom. The van der Waals surface area contributed by atoms with Gasteiger partial charge < -0.3 is 15.5 Å². The molecule has 1 amide bonds. The third-order valence-corrected chi connectivity index (χ3v) is 3.75. The second-order valence-corrected chi connectivity index (χ2v) is 5.88. The van der Waals surface area contributed by atoms with Crippen molar-refractivity contribution in [1.29, 1.82) is 0 Å². The highest BCUT2D eigenvalue weighted by molar-refractivity contribution is 6.31. The normalized spacial score (nSPS) is 11.4. The van der Waals surface area contributed by atoms with Gasteiger partial charge in [0.05, 0.1) is 22.5 Å². The van der Waals surface area contributed by atoms with Gasteiger partial charge in [-0.25, -0.2) is 8.78 Å². The van der Waals surface area contributed by atoms with Gasteiger partial charge in [-0.2, -0.15) is 5.10 Å². The number of allylic oxidation sites excluding steroid dienone is 2. The van der Waals surface area contributed by atoms with Gasteiger partial charge in [-0.15, -0.1) is 0 Å². The van der Waals surface area contributed by atoms with Crippen LogP contribution in [0.5, 0.6) is 11.5 Å². The smallest absolute Gasteiger partial charge is 0.259 e. The molecule has 0 aromatic heterocycles. The van der Waals surface area contributed by atoms with Crippen LogP contribution in [-0.4, -0.2) is 25.5 Å². The number of carbonyl (C=O) groups excluding carboxylic acids is 2. The van der Waals surface area contributed by atoms with Crippen LogP contribution in [0, 0.1) is 18.6 Å². The molecule has 0 radical (unpaired) electrons. The topological polar surface area (TPSA) is 79.8 Å². The van der Waals surface area contributed by atoms with Gasteiger partial charge in [0, 0.05) is 19.2 Å². The Balaban J connectivity index is 2.41. The lowest BCUT2D eigenvalue weighted by molar-refractivity contribution is -0.104. The predicted molar refractivity (Wildman–Crippen MR) is 102 cm³/mol. The molecule has 0 bridgehead atoms. The second kappa shape index (κ2) is 9.61. The van der Waals surface area contributed by atoms with Gasteiger partial charge in [0.1, 0.15) is 29.4 Å². The number of amides is 1. The third kappa shape index (κ3) is 5.37. The Bertz CT molecular complexity index is 962. The largest absolute Gasteiger partial charge is 0.456 e. The minimum absolute atomic E-state index is 0.0467. The van der Waals surface area contributed by atoms with Crippen molar-refractivity contribution in [3.8, 4) is 11.5 Å². The number of aldehydes is 1. The van der Waals surface area contributed by atoms with Crippen LogP contribution < -0.4 is 15.5 Å².